The number of hydrogen-bond acceptors (Lipinski definition) is 9. The van der Waals surface area contributed by atoms with Crippen molar-refractivity contribution in [1.82, 2.24) is 14.9 Å². The lowest BCUT2D eigenvalue weighted by Crippen LogP contribution is -2.51. The third-order valence-corrected chi connectivity index (χ3v) is 10.7. The number of carbonyl (C=O) groups excluding carboxylic acids is 1. The van der Waals surface area contributed by atoms with Crippen LogP contribution in [0.4, 0.5) is 4.39 Å². The summed E-state index contributed by atoms with van der Waals surface area (Å²) >= 11 is 6.76. The van der Waals surface area contributed by atoms with Crippen molar-refractivity contribution in [1.29, 1.82) is 0 Å². The minimum absolute atomic E-state index is 0.0677. The number of hydrogen-bond donors (Lipinski definition) is 3. The first-order chi connectivity index (χ1) is 24.7. The van der Waals surface area contributed by atoms with Gasteiger partial charge in [-0.2, -0.15) is 0 Å². The van der Waals surface area contributed by atoms with E-state index in [4.69, 9.17) is 25.8 Å². The zero-order chi connectivity index (χ0) is 37.6. The normalized spacial score (nSPS) is 18.3. The summed E-state index contributed by atoms with van der Waals surface area (Å²) in [4.78, 5) is 14.8. The third kappa shape index (κ3) is 10.2. The molecule has 3 N–H and O–H groups in total. The highest BCUT2D eigenvalue weighted by Crippen LogP contribution is 2.44. The van der Waals surface area contributed by atoms with E-state index in [2.05, 4.69) is 35.3 Å². The van der Waals surface area contributed by atoms with E-state index in [1.54, 1.807) is 19.1 Å². The lowest BCUT2D eigenvalue weighted by atomic mass is 9.93. The second kappa shape index (κ2) is 17.2. The maximum atomic E-state index is 14.2. The van der Waals surface area contributed by atoms with Gasteiger partial charge in [0.25, 0.3) is 5.91 Å². The minimum atomic E-state index is -3.81. The zero-order valence-corrected chi connectivity index (χ0v) is 32.2. The molecule has 5 rings (SSSR count). The smallest absolute Gasteiger partial charge is 0.253 e. The summed E-state index contributed by atoms with van der Waals surface area (Å²) in [5.41, 5.74) is 5.21. The maximum absolute atomic E-state index is 14.2. The number of aliphatic hydroxyl groups excluding tert-OH is 1. The first kappa shape index (κ1) is 39.8. The fraction of sp³-hybridized carbons (Fsp3) is 0.513. The van der Waals surface area contributed by atoms with E-state index in [0.29, 0.717) is 48.1 Å². The maximum Gasteiger partial charge on any atom is 0.253 e. The molecule has 1 fully saturated rings. The molecule has 1 heterocycles. The number of halogens is 2. The van der Waals surface area contributed by atoms with Crippen molar-refractivity contribution in [2.24, 2.45) is 0 Å². The Morgan fingerprint density at radius 1 is 1.10 bits per heavy atom. The van der Waals surface area contributed by atoms with Crippen LogP contribution in [-0.4, -0.2) is 81.2 Å². The van der Waals surface area contributed by atoms with Gasteiger partial charge in [-0.3, -0.25) is 14.8 Å². The Morgan fingerprint density at radius 3 is 2.50 bits per heavy atom. The number of nitrogens with one attached hydrogen (secondary N) is 2. The standard InChI is InChI=1S/C39H51ClFN3O7S/c1-6-49-35-23-36(32(40)22-27(35)24-42-37(26(3)45)38(46)43-52(5,47)48)51-34-15-14-30-29(11-7-12-31(30)34)28-10-8-13-33(25(28)2)50-21-9-18-44-19-16-39(4,41)17-20-44/h7-8,10-13,22-23,26,34,37,42,45H,6,9,14-21,24H2,1-5H3,(H,43,46)/t26-,34+,37+/m1/s1. The fourth-order valence-electron chi connectivity index (χ4n) is 6.96. The van der Waals surface area contributed by atoms with Crippen molar-refractivity contribution in [3.8, 4) is 28.4 Å². The number of fused-ring (bicyclic) bond motifs is 1. The second-order valence-corrected chi connectivity index (χ2v) is 16.2. The Labute approximate surface area is 312 Å². The van der Waals surface area contributed by atoms with Gasteiger partial charge in [-0.15, -0.1) is 0 Å². The summed E-state index contributed by atoms with van der Waals surface area (Å²) in [6.45, 7) is 10.5. The molecule has 3 atom stereocenters. The van der Waals surface area contributed by atoms with Gasteiger partial charge < -0.3 is 24.2 Å². The molecule has 1 aliphatic carbocycles. The van der Waals surface area contributed by atoms with Crippen molar-refractivity contribution in [2.45, 2.75) is 90.3 Å². The molecule has 0 bridgehead atoms. The quantitative estimate of drug-likeness (QED) is 0.145. The molecule has 0 aromatic heterocycles. The number of ether oxygens (including phenoxy) is 3. The summed E-state index contributed by atoms with van der Waals surface area (Å²) in [6, 6.07) is 14.7. The summed E-state index contributed by atoms with van der Waals surface area (Å²) in [7, 11) is -3.81. The zero-order valence-electron chi connectivity index (χ0n) is 30.6. The molecule has 1 saturated heterocycles. The summed E-state index contributed by atoms with van der Waals surface area (Å²) in [5.74, 6) is 0.929. The van der Waals surface area contributed by atoms with E-state index in [1.165, 1.54) is 12.5 Å². The number of benzene rings is 3. The Hall–Kier alpha value is -3.42. The van der Waals surface area contributed by atoms with Crippen molar-refractivity contribution >= 4 is 27.5 Å². The van der Waals surface area contributed by atoms with Crippen LogP contribution in [0, 0.1) is 6.92 Å². The first-order valence-electron chi connectivity index (χ1n) is 18.0. The average molecular weight is 760 g/mol. The highest BCUT2D eigenvalue weighted by molar-refractivity contribution is 7.89. The van der Waals surface area contributed by atoms with Crippen LogP contribution < -0.4 is 24.2 Å². The lowest BCUT2D eigenvalue weighted by Gasteiger charge is -2.34. The van der Waals surface area contributed by atoms with Gasteiger partial charge in [0.05, 0.1) is 30.6 Å². The van der Waals surface area contributed by atoms with Crippen LogP contribution in [0.25, 0.3) is 11.1 Å². The van der Waals surface area contributed by atoms with Crippen LogP contribution in [0.3, 0.4) is 0 Å². The number of sulfonamides is 1. The summed E-state index contributed by atoms with van der Waals surface area (Å²) < 4.78 is 58.0. The van der Waals surface area contributed by atoms with Gasteiger partial charge in [0.15, 0.2) is 0 Å². The number of carbonyl (C=O) groups is 1. The predicted octanol–water partition coefficient (Wildman–Crippen LogP) is 6.29. The number of alkyl halides is 1. The molecule has 52 heavy (non-hydrogen) atoms. The molecule has 0 saturated carbocycles. The monoisotopic (exact) mass is 759 g/mol. The predicted molar refractivity (Wildman–Crippen MR) is 202 cm³/mol. The van der Waals surface area contributed by atoms with Crippen molar-refractivity contribution in [3.63, 3.8) is 0 Å². The Balaban J connectivity index is 1.27. The van der Waals surface area contributed by atoms with Crippen LogP contribution in [0.15, 0.2) is 48.5 Å². The molecule has 0 unspecified atom stereocenters. The summed E-state index contributed by atoms with van der Waals surface area (Å²) in [5, 5.41) is 13.4. The van der Waals surface area contributed by atoms with E-state index in [0.717, 1.165) is 73.2 Å². The third-order valence-electron chi connectivity index (χ3n) is 9.81. The molecule has 1 aliphatic heterocycles. The van der Waals surface area contributed by atoms with E-state index in [-0.39, 0.29) is 12.6 Å². The molecule has 13 heteroatoms. The van der Waals surface area contributed by atoms with Crippen LogP contribution in [0.5, 0.6) is 17.2 Å². The van der Waals surface area contributed by atoms with Gasteiger partial charge in [0.2, 0.25) is 10.0 Å². The van der Waals surface area contributed by atoms with Crippen molar-refractivity contribution < 1.29 is 36.9 Å². The molecule has 2 aliphatic rings. The van der Waals surface area contributed by atoms with Crippen molar-refractivity contribution in [3.05, 3.63) is 75.8 Å². The number of rotatable bonds is 16. The highest BCUT2D eigenvalue weighted by Gasteiger charge is 2.31. The van der Waals surface area contributed by atoms with E-state index in [9.17, 15) is 22.7 Å². The van der Waals surface area contributed by atoms with Crippen LogP contribution >= 0.6 is 11.6 Å². The van der Waals surface area contributed by atoms with Crippen LogP contribution in [0.2, 0.25) is 5.02 Å². The number of likely N-dealkylation sites (tertiary alicyclic amines) is 1. The molecule has 10 nitrogen and oxygen atoms in total. The molecule has 3 aromatic carbocycles. The minimum Gasteiger partial charge on any atom is -0.493 e. The Kier molecular flexibility index (Phi) is 13.1. The van der Waals surface area contributed by atoms with Crippen molar-refractivity contribution in [2.75, 3.05) is 39.1 Å². The Morgan fingerprint density at radius 2 is 1.81 bits per heavy atom. The van der Waals surface area contributed by atoms with Gasteiger partial charge in [0, 0.05) is 37.8 Å². The fourth-order valence-corrected chi connectivity index (χ4v) is 7.69. The number of nitrogens with zero attached hydrogens (tertiary/aromatic N) is 1. The SMILES string of the molecule is CCOc1cc(O[C@H]2CCc3c(-c4cccc(OCCCN5CCC(C)(F)CC5)c4C)cccc32)c(Cl)cc1CN[C@H](C(=O)NS(C)(=O)=O)[C@@H](C)O. The van der Waals surface area contributed by atoms with Gasteiger partial charge in [-0.25, -0.2) is 12.8 Å². The highest BCUT2D eigenvalue weighted by atomic mass is 35.5. The van der Waals surface area contributed by atoms with E-state index in [1.807, 2.05) is 29.8 Å². The largest absolute Gasteiger partial charge is 0.493 e. The average Bonchev–Trinajstić information content (AvgIpc) is 3.48. The lowest BCUT2D eigenvalue weighted by molar-refractivity contribution is -0.123. The van der Waals surface area contributed by atoms with E-state index >= 15 is 0 Å². The Bertz CT molecular complexity index is 1830. The summed E-state index contributed by atoms with van der Waals surface area (Å²) in [6.07, 6.45) is 3.08. The molecule has 0 spiro atoms. The molecular weight excluding hydrogens is 709 g/mol. The number of aliphatic hydroxyl groups is 1. The molecule has 3 aromatic rings. The molecular formula is C39H51ClFN3O7S. The van der Waals surface area contributed by atoms with Gasteiger partial charge in [-0.1, -0.05) is 41.9 Å². The van der Waals surface area contributed by atoms with Gasteiger partial charge in [0.1, 0.15) is 35.1 Å². The number of piperidine rings is 1. The number of amides is 1. The molecule has 284 valence electrons. The van der Waals surface area contributed by atoms with Crippen LogP contribution in [0.1, 0.15) is 74.8 Å². The second-order valence-electron chi connectivity index (χ2n) is 14.1. The first-order valence-corrected chi connectivity index (χ1v) is 20.2. The van der Waals surface area contributed by atoms with Gasteiger partial charge >= 0.3 is 0 Å². The molecule has 0 radical (unpaired) electrons. The topological polar surface area (TPSA) is 126 Å². The van der Waals surface area contributed by atoms with Crippen LogP contribution in [-0.2, 0) is 27.8 Å². The van der Waals surface area contributed by atoms with E-state index < -0.39 is 33.7 Å². The van der Waals surface area contributed by atoms with Gasteiger partial charge in [-0.05, 0) is 99.7 Å². The molecule has 1 amide bonds.